The van der Waals surface area contributed by atoms with E-state index >= 15 is 0 Å². The summed E-state index contributed by atoms with van der Waals surface area (Å²) in [5.41, 5.74) is 0.901. The van der Waals surface area contributed by atoms with Gasteiger partial charge in [-0.3, -0.25) is 4.98 Å². The quantitative estimate of drug-likeness (QED) is 0.722. The lowest BCUT2D eigenvalue weighted by molar-refractivity contribution is 0.296. The van der Waals surface area contributed by atoms with E-state index in [0.29, 0.717) is 0 Å². The molecule has 1 rings (SSSR count). The molecule has 3 nitrogen and oxygen atoms in total. The first-order chi connectivity index (χ1) is 8.67. The van der Waals surface area contributed by atoms with E-state index in [1.165, 1.54) is 12.3 Å². The third-order valence-corrected chi connectivity index (χ3v) is 3.22. The van der Waals surface area contributed by atoms with Crippen LogP contribution in [0.2, 0.25) is 0 Å². The van der Waals surface area contributed by atoms with Crippen LogP contribution in [-0.4, -0.2) is 36.1 Å². The molecule has 1 atom stereocenters. The lowest BCUT2D eigenvalue weighted by Gasteiger charge is -2.19. The van der Waals surface area contributed by atoms with Crippen LogP contribution < -0.4 is 5.32 Å². The minimum atomic E-state index is -0.274. The number of halogens is 1. The molecule has 1 aromatic heterocycles. The van der Waals surface area contributed by atoms with Crippen LogP contribution in [0, 0.1) is 5.82 Å². The molecule has 18 heavy (non-hydrogen) atoms. The summed E-state index contributed by atoms with van der Waals surface area (Å²) >= 11 is 0. The van der Waals surface area contributed by atoms with Gasteiger partial charge in [0.1, 0.15) is 5.82 Å². The highest BCUT2D eigenvalue weighted by Gasteiger charge is 2.06. The van der Waals surface area contributed by atoms with Gasteiger partial charge in [0, 0.05) is 12.2 Å². The van der Waals surface area contributed by atoms with E-state index in [-0.39, 0.29) is 11.9 Å². The Hall–Kier alpha value is -1.00. The maximum Gasteiger partial charge on any atom is 0.141 e. The Bertz CT molecular complexity index is 340. The molecule has 1 unspecified atom stereocenters. The molecule has 0 aromatic carbocycles. The average Bonchev–Trinajstić information content (AvgIpc) is 2.38. The fourth-order valence-corrected chi connectivity index (χ4v) is 1.94. The summed E-state index contributed by atoms with van der Waals surface area (Å²) < 4.78 is 13.0. The Morgan fingerprint density at radius 1 is 1.33 bits per heavy atom. The minimum Gasteiger partial charge on any atom is -0.310 e. The number of nitrogens with zero attached hydrogens (tertiary/aromatic N) is 2. The van der Waals surface area contributed by atoms with Crippen molar-refractivity contribution in [3.8, 4) is 0 Å². The molecule has 0 aliphatic rings. The van der Waals surface area contributed by atoms with Crippen LogP contribution in [0.3, 0.4) is 0 Å². The van der Waals surface area contributed by atoms with Crippen LogP contribution in [0.1, 0.15) is 38.8 Å². The van der Waals surface area contributed by atoms with Crippen LogP contribution in [0.15, 0.2) is 18.5 Å². The first kappa shape index (κ1) is 15.1. The van der Waals surface area contributed by atoms with Gasteiger partial charge < -0.3 is 10.2 Å². The molecule has 0 saturated heterocycles. The van der Waals surface area contributed by atoms with E-state index in [9.17, 15) is 4.39 Å². The van der Waals surface area contributed by atoms with E-state index in [1.54, 1.807) is 6.20 Å². The third kappa shape index (κ3) is 5.10. The highest BCUT2D eigenvalue weighted by Crippen LogP contribution is 2.11. The van der Waals surface area contributed by atoms with Gasteiger partial charge in [-0.05, 0) is 51.2 Å². The number of hydrogen-bond donors (Lipinski definition) is 1. The van der Waals surface area contributed by atoms with Crippen LogP contribution in [-0.2, 0) is 0 Å². The Balaban J connectivity index is 2.27. The van der Waals surface area contributed by atoms with Gasteiger partial charge in [0.05, 0.1) is 6.20 Å². The van der Waals surface area contributed by atoms with Gasteiger partial charge in [-0.1, -0.05) is 13.8 Å². The van der Waals surface area contributed by atoms with Crippen molar-refractivity contribution in [1.82, 2.24) is 15.2 Å². The van der Waals surface area contributed by atoms with Gasteiger partial charge in [0.15, 0.2) is 0 Å². The van der Waals surface area contributed by atoms with Gasteiger partial charge in [-0.15, -0.1) is 0 Å². The maximum absolute atomic E-state index is 13.0. The Labute approximate surface area is 109 Å². The largest absolute Gasteiger partial charge is 0.310 e. The number of rotatable bonds is 8. The van der Waals surface area contributed by atoms with Gasteiger partial charge >= 0.3 is 0 Å². The van der Waals surface area contributed by atoms with Gasteiger partial charge in [0.2, 0.25) is 0 Å². The molecular formula is C14H24FN3. The molecule has 0 spiro atoms. The van der Waals surface area contributed by atoms with E-state index in [0.717, 1.165) is 38.2 Å². The fourth-order valence-electron chi connectivity index (χ4n) is 1.94. The highest BCUT2D eigenvalue weighted by atomic mass is 19.1. The van der Waals surface area contributed by atoms with Crippen molar-refractivity contribution in [2.45, 2.75) is 33.2 Å². The highest BCUT2D eigenvalue weighted by molar-refractivity contribution is 5.14. The molecule has 0 aliphatic heterocycles. The molecule has 0 bridgehead atoms. The summed E-state index contributed by atoms with van der Waals surface area (Å²) in [6, 6.07) is 1.68. The second-order valence-corrected chi connectivity index (χ2v) is 4.49. The topological polar surface area (TPSA) is 28.2 Å². The average molecular weight is 253 g/mol. The maximum atomic E-state index is 13.0. The molecule has 1 heterocycles. The Morgan fingerprint density at radius 3 is 2.67 bits per heavy atom. The first-order valence-electron chi connectivity index (χ1n) is 6.73. The number of pyridine rings is 1. The molecule has 0 saturated carbocycles. The van der Waals surface area contributed by atoms with Crippen molar-refractivity contribution < 1.29 is 4.39 Å². The molecule has 1 N–H and O–H groups in total. The second-order valence-electron chi connectivity index (χ2n) is 4.49. The second kappa shape index (κ2) is 8.16. The molecule has 0 amide bonds. The molecule has 0 fully saturated rings. The van der Waals surface area contributed by atoms with Crippen molar-refractivity contribution >= 4 is 0 Å². The molecule has 102 valence electrons. The molecule has 0 aliphatic carbocycles. The summed E-state index contributed by atoms with van der Waals surface area (Å²) in [5, 5.41) is 3.40. The predicted octanol–water partition coefficient (Wildman–Crippen LogP) is 2.60. The van der Waals surface area contributed by atoms with Crippen molar-refractivity contribution in [2.75, 3.05) is 26.2 Å². The lowest BCUT2D eigenvalue weighted by atomic mass is 10.1. The predicted molar refractivity (Wildman–Crippen MR) is 73.0 cm³/mol. The number of nitrogens with one attached hydrogen (secondary N) is 1. The van der Waals surface area contributed by atoms with Crippen LogP contribution in [0.4, 0.5) is 4.39 Å². The van der Waals surface area contributed by atoms with Crippen LogP contribution in [0.25, 0.3) is 0 Å². The third-order valence-electron chi connectivity index (χ3n) is 3.22. The summed E-state index contributed by atoms with van der Waals surface area (Å²) in [5.74, 6) is -0.274. The zero-order valence-electron chi connectivity index (χ0n) is 11.6. The van der Waals surface area contributed by atoms with Gasteiger partial charge in [0.25, 0.3) is 0 Å². The van der Waals surface area contributed by atoms with Crippen LogP contribution >= 0.6 is 0 Å². The van der Waals surface area contributed by atoms with E-state index in [4.69, 9.17) is 0 Å². The summed E-state index contributed by atoms with van der Waals surface area (Å²) in [6.07, 6.45) is 4.05. The SMILES string of the molecule is CCN(CC)CCCNC(C)c1cncc(F)c1. The standard InChI is InChI=1S/C14H24FN3/c1-4-18(5-2)8-6-7-17-12(3)13-9-14(15)11-16-10-13/h9-12,17H,4-8H2,1-3H3. The van der Waals surface area contributed by atoms with Crippen molar-refractivity contribution in [3.63, 3.8) is 0 Å². The van der Waals surface area contributed by atoms with Crippen molar-refractivity contribution in [2.24, 2.45) is 0 Å². The zero-order valence-corrected chi connectivity index (χ0v) is 11.6. The van der Waals surface area contributed by atoms with E-state index in [2.05, 4.69) is 29.0 Å². The molecule has 1 aromatic rings. The minimum absolute atomic E-state index is 0.143. The van der Waals surface area contributed by atoms with Crippen LogP contribution in [0.5, 0.6) is 0 Å². The van der Waals surface area contributed by atoms with Gasteiger partial charge in [-0.2, -0.15) is 0 Å². The van der Waals surface area contributed by atoms with Gasteiger partial charge in [-0.25, -0.2) is 4.39 Å². The Kier molecular flexibility index (Phi) is 6.83. The molecular weight excluding hydrogens is 229 g/mol. The number of aromatic nitrogens is 1. The summed E-state index contributed by atoms with van der Waals surface area (Å²) in [6.45, 7) is 10.6. The lowest BCUT2D eigenvalue weighted by Crippen LogP contribution is -2.28. The smallest absolute Gasteiger partial charge is 0.141 e. The zero-order chi connectivity index (χ0) is 13.4. The number of hydrogen-bond acceptors (Lipinski definition) is 3. The van der Waals surface area contributed by atoms with E-state index in [1.807, 2.05) is 6.92 Å². The molecule has 4 heteroatoms. The fraction of sp³-hybridized carbons (Fsp3) is 0.643. The van der Waals surface area contributed by atoms with E-state index < -0.39 is 0 Å². The Morgan fingerprint density at radius 2 is 2.06 bits per heavy atom. The monoisotopic (exact) mass is 253 g/mol. The molecule has 0 radical (unpaired) electrons. The first-order valence-corrected chi connectivity index (χ1v) is 6.73. The normalized spacial score (nSPS) is 12.9. The van der Waals surface area contributed by atoms with Crippen molar-refractivity contribution in [3.05, 3.63) is 29.8 Å². The summed E-state index contributed by atoms with van der Waals surface area (Å²) in [7, 11) is 0. The summed E-state index contributed by atoms with van der Waals surface area (Å²) in [4.78, 5) is 6.26. The van der Waals surface area contributed by atoms with Crippen molar-refractivity contribution in [1.29, 1.82) is 0 Å².